The summed E-state index contributed by atoms with van der Waals surface area (Å²) in [6, 6.07) is 0.0584. The number of ether oxygens (including phenoxy) is 2. The van der Waals surface area contributed by atoms with Gasteiger partial charge in [-0.3, -0.25) is 4.79 Å². The van der Waals surface area contributed by atoms with Crippen LogP contribution in [0.1, 0.15) is 46.5 Å². The minimum absolute atomic E-state index is 0.167. The average molecular weight is 300 g/mol. The number of hydrogen-bond acceptors (Lipinski definition) is 5. The molecule has 1 aliphatic heterocycles. The SMILES string of the molecule is CCCOC1CCCN(CCC(NC(C)C)C(=O)OC)C1. The van der Waals surface area contributed by atoms with Gasteiger partial charge >= 0.3 is 5.97 Å². The third kappa shape index (κ3) is 7.25. The van der Waals surface area contributed by atoms with Gasteiger partial charge in [0.15, 0.2) is 0 Å². The van der Waals surface area contributed by atoms with Crippen molar-refractivity contribution in [3.63, 3.8) is 0 Å². The number of carbonyl (C=O) groups excluding carboxylic acids is 1. The number of hydrogen-bond donors (Lipinski definition) is 1. The molecule has 0 aliphatic carbocycles. The summed E-state index contributed by atoms with van der Waals surface area (Å²) in [7, 11) is 1.45. The molecular weight excluding hydrogens is 268 g/mol. The largest absolute Gasteiger partial charge is 0.468 e. The molecule has 1 N–H and O–H groups in total. The Morgan fingerprint density at radius 1 is 1.43 bits per heavy atom. The highest BCUT2D eigenvalue weighted by Crippen LogP contribution is 2.14. The highest BCUT2D eigenvalue weighted by atomic mass is 16.5. The fraction of sp³-hybridized carbons (Fsp3) is 0.938. The fourth-order valence-corrected chi connectivity index (χ4v) is 2.76. The van der Waals surface area contributed by atoms with Crippen molar-refractivity contribution in [3.8, 4) is 0 Å². The van der Waals surface area contributed by atoms with Gasteiger partial charge in [0.1, 0.15) is 6.04 Å². The molecule has 1 rings (SSSR count). The van der Waals surface area contributed by atoms with Crippen molar-refractivity contribution in [1.82, 2.24) is 10.2 Å². The van der Waals surface area contributed by atoms with Crippen LogP contribution in [0, 0.1) is 0 Å². The lowest BCUT2D eigenvalue weighted by Gasteiger charge is -2.33. The number of esters is 1. The summed E-state index contributed by atoms with van der Waals surface area (Å²) in [5.41, 5.74) is 0. The summed E-state index contributed by atoms with van der Waals surface area (Å²) in [4.78, 5) is 14.2. The molecule has 2 atom stereocenters. The quantitative estimate of drug-likeness (QED) is 0.658. The van der Waals surface area contributed by atoms with E-state index in [0.29, 0.717) is 6.10 Å². The normalized spacial score (nSPS) is 21.5. The Labute approximate surface area is 129 Å². The first-order valence-electron chi connectivity index (χ1n) is 8.24. The number of piperidine rings is 1. The number of nitrogens with zero attached hydrogens (tertiary/aromatic N) is 1. The molecule has 1 heterocycles. The zero-order chi connectivity index (χ0) is 15.7. The second-order valence-corrected chi connectivity index (χ2v) is 6.12. The first-order valence-corrected chi connectivity index (χ1v) is 8.24. The lowest BCUT2D eigenvalue weighted by Crippen LogP contribution is -2.46. The van der Waals surface area contributed by atoms with Crippen molar-refractivity contribution in [2.24, 2.45) is 0 Å². The topological polar surface area (TPSA) is 50.8 Å². The molecule has 0 bridgehead atoms. The predicted octanol–water partition coefficient (Wildman–Crippen LogP) is 1.81. The number of rotatable bonds is 9. The zero-order valence-corrected chi connectivity index (χ0v) is 14.1. The van der Waals surface area contributed by atoms with Crippen LogP contribution in [0.2, 0.25) is 0 Å². The van der Waals surface area contributed by atoms with E-state index in [0.717, 1.165) is 45.5 Å². The van der Waals surface area contributed by atoms with Gasteiger partial charge in [0, 0.05) is 25.7 Å². The van der Waals surface area contributed by atoms with Gasteiger partial charge in [-0.15, -0.1) is 0 Å². The second kappa shape index (κ2) is 10.1. The van der Waals surface area contributed by atoms with Crippen LogP contribution in [0.4, 0.5) is 0 Å². The van der Waals surface area contributed by atoms with E-state index in [1.165, 1.54) is 13.5 Å². The van der Waals surface area contributed by atoms with Crippen LogP contribution in [-0.2, 0) is 14.3 Å². The van der Waals surface area contributed by atoms with E-state index in [1.54, 1.807) is 0 Å². The van der Waals surface area contributed by atoms with Crippen LogP contribution >= 0.6 is 0 Å². The highest BCUT2D eigenvalue weighted by Gasteiger charge is 2.24. The monoisotopic (exact) mass is 300 g/mol. The molecule has 5 heteroatoms. The Kier molecular flexibility index (Phi) is 8.88. The van der Waals surface area contributed by atoms with E-state index < -0.39 is 0 Å². The first-order chi connectivity index (χ1) is 10.1. The van der Waals surface area contributed by atoms with Gasteiger partial charge in [-0.2, -0.15) is 0 Å². The molecule has 124 valence electrons. The van der Waals surface area contributed by atoms with Crippen LogP contribution in [0.5, 0.6) is 0 Å². The van der Waals surface area contributed by atoms with Gasteiger partial charge in [-0.25, -0.2) is 0 Å². The minimum Gasteiger partial charge on any atom is -0.468 e. The molecule has 0 amide bonds. The molecule has 0 radical (unpaired) electrons. The predicted molar refractivity (Wildman–Crippen MR) is 84.4 cm³/mol. The zero-order valence-electron chi connectivity index (χ0n) is 14.1. The van der Waals surface area contributed by atoms with Crippen molar-refractivity contribution >= 4 is 5.97 Å². The van der Waals surface area contributed by atoms with Gasteiger partial charge in [-0.1, -0.05) is 20.8 Å². The second-order valence-electron chi connectivity index (χ2n) is 6.12. The van der Waals surface area contributed by atoms with Gasteiger partial charge in [0.2, 0.25) is 0 Å². The van der Waals surface area contributed by atoms with Crippen molar-refractivity contribution < 1.29 is 14.3 Å². The molecule has 2 unspecified atom stereocenters. The molecule has 5 nitrogen and oxygen atoms in total. The number of likely N-dealkylation sites (tertiary alicyclic amines) is 1. The van der Waals surface area contributed by atoms with Gasteiger partial charge in [0.05, 0.1) is 13.2 Å². The summed E-state index contributed by atoms with van der Waals surface area (Å²) in [5, 5.41) is 3.28. The molecule has 1 fully saturated rings. The molecule has 1 saturated heterocycles. The maximum absolute atomic E-state index is 11.8. The lowest BCUT2D eigenvalue weighted by molar-refractivity contribution is -0.143. The molecule has 0 spiro atoms. The van der Waals surface area contributed by atoms with Gasteiger partial charge < -0.3 is 19.7 Å². The Balaban J connectivity index is 2.38. The molecule has 0 aromatic rings. The average Bonchev–Trinajstić information content (AvgIpc) is 2.48. The minimum atomic E-state index is -0.216. The van der Waals surface area contributed by atoms with Crippen LogP contribution in [0.3, 0.4) is 0 Å². The maximum atomic E-state index is 11.8. The van der Waals surface area contributed by atoms with Crippen molar-refractivity contribution in [2.45, 2.75) is 64.6 Å². The Morgan fingerprint density at radius 3 is 2.81 bits per heavy atom. The molecular formula is C16H32N2O3. The molecule has 1 aliphatic rings. The molecule has 0 aromatic heterocycles. The summed E-state index contributed by atoms with van der Waals surface area (Å²) in [6.45, 7) is 10.1. The Hall–Kier alpha value is -0.650. The van der Waals surface area contributed by atoms with Gasteiger partial charge in [-0.05, 0) is 32.2 Å². The van der Waals surface area contributed by atoms with Crippen LogP contribution in [0.25, 0.3) is 0 Å². The van der Waals surface area contributed by atoms with E-state index in [9.17, 15) is 4.79 Å². The molecule has 0 saturated carbocycles. The van der Waals surface area contributed by atoms with E-state index in [4.69, 9.17) is 9.47 Å². The highest BCUT2D eigenvalue weighted by molar-refractivity contribution is 5.75. The third-order valence-electron chi connectivity index (χ3n) is 3.77. The third-order valence-corrected chi connectivity index (χ3v) is 3.77. The Bertz CT molecular complexity index is 297. The summed E-state index contributed by atoms with van der Waals surface area (Å²) < 4.78 is 10.7. The Morgan fingerprint density at radius 2 is 2.19 bits per heavy atom. The van der Waals surface area contributed by atoms with Gasteiger partial charge in [0.25, 0.3) is 0 Å². The van der Waals surface area contributed by atoms with Crippen molar-refractivity contribution in [2.75, 3.05) is 33.4 Å². The lowest BCUT2D eigenvalue weighted by atomic mass is 10.1. The van der Waals surface area contributed by atoms with E-state index in [2.05, 4.69) is 17.1 Å². The molecule has 21 heavy (non-hydrogen) atoms. The first kappa shape index (κ1) is 18.4. The standard InChI is InChI=1S/C16H32N2O3/c1-5-11-21-14-7-6-9-18(12-14)10-8-15(16(19)20-4)17-13(2)3/h13-15,17H,5-12H2,1-4H3. The van der Waals surface area contributed by atoms with Crippen LogP contribution < -0.4 is 5.32 Å². The summed E-state index contributed by atoms with van der Waals surface area (Å²) >= 11 is 0. The van der Waals surface area contributed by atoms with Crippen molar-refractivity contribution in [3.05, 3.63) is 0 Å². The van der Waals surface area contributed by atoms with E-state index in [1.807, 2.05) is 13.8 Å². The maximum Gasteiger partial charge on any atom is 0.322 e. The van der Waals surface area contributed by atoms with Crippen molar-refractivity contribution in [1.29, 1.82) is 0 Å². The number of methoxy groups -OCH3 is 1. The van der Waals surface area contributed by atoms with E-state index in [-0.39, 0.29) is 18.1 Å². The fourth-order valence-electron chi connectivity index (χ4n) is 2.76. The molecule has 0 aromatic carbocycles. The number of carbonyl (C=O) groups is 1. The van der Waals surface area contributed by atoms with Crippen LogP contribution in [0.15, 0.2) is 0 Å². The van der Waals surface area contributed by atoms with E-state index >= 15 is 0 Å². The van der Waals surface area contributed by atoms with Crippen LogP contribution in [-0.4, -0.2) is 62.4 Å². The summed E-state index contributed by atoms with van der Waals surface area (Å²) in [6.07, 6.45) is 4.54. The smallest absolute Gasteiger partial charge is 0.322 e. The summed E-state index contributed by atoms with van der Waals surface area (Å²) in [5.74, 6) is -0.167. The number of nitrogens with one attached hydrogen (secondary N) is 1.